The first kappa shape index (κ1) is 19.3. The fraction of sp³-hybridized carbons (Fsp3) is 0.556. The van der Waals surface area contributed by atoms with E-state index >= 15 is 0 Å². The van der Waals surface area contributed by atoms with E-state index in [0.717, 1.165) is 17.5 Å². The Labute approximate surface area is 151 Å². The summed E-state index contributed by atoms with van der Waals surface area (Å²) in [6, 6.07) is 1.81. The van der Waals surface area contributed by atoms with Crippen molar-refractivity contribution >= 4 is 27.5 Å². The molecule has 0 spiro atoms. The molecule has 2 rings (SSSR count). The number of unbranched alkanes of at least 4 members (excludes halogenated alkanes) is 1. The van der Waals surface area contributed by atoms with Gasteiger partial charge in [-0.1, -0.05) is 34.1 Å². The predicted octanol–water partition coefficient (Wildman–Crippen LogP) is 4.06. The highest BCUT2D eigenvalue weighted by atomic mass is 32.1. The van der Waals surface area contributed by atoms with Gasteiger partial charge in [0.15, 0.2) is 5.75 Å². The molecule has 1 amide bonds. The minimum Gasteiger partial charge on any atom is -0.490 e. The lowest BCUT2D eigenvalue weighted by molar-refractivity contribution is 0.193. The van der Waals surface area contributed by atoms with Gasteiger partial charge in [0.1, 0.15) is 0 Å². The second kappa shape index (κ2) is 7.91. The number of aromatic nitrogens is 1. The molecule has 0 saturated heterocycles. The van der Waals surface area contributed by atoms with Crippen LogP contribution in [0.4, 0.5) is 4.79 Å². The number of hydrogen-bond donors (Lipinski definition) is 2. The van der Waals surface area contributed by atoms with Gasteiger partial charge in [0.05, 0.1) is 28.9 Å². The molecule has 0 unspecified atom stereocenters. The monoisotopic (exact) mass is 366 g/mol. The van der Waals surface area contributed by atoms with Crippen LogP contribution >= 0.6 is 11.3 Å². The molecule has 0 saturated carbocycles. The number of hydrogen-bond acceptors (Lipinski definition) is 4. The summed E-state index contributed by atoms with van der Waals surface area (Å²) >= 11 is 1.45. The van der Waals surface area contributed by atoms with Crippen molar-refractivity contribution in [1.29, 1.82) is 0 Å². The SMILES string of the molecule is CCCCOc1c(CNC(=O)O)n(CC(C)(C)C)c(=O)c2ccsc12. The topological polar surface area (TPSA) is 80.6 Å². The molecule has 25 heavy (non-hydrogen) atoms. The van der Waals surface area contributed by atoms with Crippen molar-refractivity contribution in [3.8, 4) is 5.75 Å². The lowest BCUT2D eigenvalue weighted by Crippen LogP contribution is -2.33. The summed E-state index contributed by atoms with van der Waals surface area (Å²) < 4.78 is 8.45. The maximum Gasteiger partial charge on any atom is 0.404 e. The van der Waals surface area contributed by atoms with Crippen molar-refractivity contribution in [2.24, 2.45) is 5.41 Å². The van der Waals surface area contributed by atoms with Gasteiger partial charge in [0.25, 0.3) is 5.56 Å². The van der Waals surface area contributed by atoms with Gasteiger partial charge in [-0.05, 0) is 23.3 Å². The first-order valence-electron chi connectivity index (χ1n) is 8.47. The second-order valence-corrected chi connectivity index (χ2v) is 8.17. The fourth-order valence-electron chi connectivity index (χ4n) is 2.62. The molecular formula is C18H26N2O4S. The van der Waals surface area contributed by atoms with E-state index in [1.165, 1.54) is 11.3 Å². The fourth-order valence-corrected chi connectivity index (χ4v) is 3.53. The minimum absolute atomic E-state index is 0.0377. The molecule has 6 nitrogen and oxygen atoms in total. The van der Waals surface area contributed by atoms with Gasteiger partial charge in [-0.3, -0.25) is 4.79 Å². The number of amides is 1. The number of ether oxygens (including phenoxy) is 1. The highest BCUT2D eigenvalue weighted by molar-refractivity contribution is 7.17. The van der Waals surface area contributed by atoms with Crippen LogP contribution in [-0.2, 0) is 13.1 Å². The third kappa shape index (κ3) is 4.75. The number of nitrogens with zero attached hydrogens (tertiary/aromatic N) is 1. The van der Waals surface area contributed by atoms with Crippen LogP contribution in [0.3, 0.4) is 0 Å². The summed E-state index contributed by atoms with van der Waals surface area (Å²) in [5.74, 6) is 0.621. The Hall–Kier alpha value is -2.02. The zero-order valence-electron chi connectivity index (χ0n) is 15.2. The highest BCUT2D eigenvalue weighted by Crippen LogP contribution is 2.33. The summed E-state index contributed by atoms with van der Waals surface area (Å²) in [5.41, 5.74) is 0.358. The molecule has 0 aliphatic carbocycles. The first-order valence-corrected chi connectivity index (χ1v) is 9.35. The Morgan fingerprint density at radius 2 is 2.12 bits per heavy atom. The molecule has 0 atom stereocenters. The average Bonchev–Trinajstić information content (AvgIpc) is 2.99. The standard InChI is InChI=1S/C18H26N2O4S/c1-5-6-8-24-14-13(10-19-17(22)23)20(11-18(2,3)4)16(21)12-7-9-25-15(12)14/h7,9,19H,5-6,8,10-11H2,1-4H3,(H,22,23). The van der Waals surface area contributed by atoms with Crippen LogP contribution < -0.4 is 15.6 Å². The summed E-state index contributed by atoms with van der Waals surface area (Å²) in [5, 5.41) is 13.9. The molecule has 0 radical (unpaired) electrons. The van der Waals surface area contributed by atoms with E-state index in [2.05, 4.69) is 12.2 Å². The van der Waals surface area contributed by atoms with E-state index < -0.39 is 6.09 Å². The van der Waals surface area contributed by atoms with E-state index in [9.17, 15) is 9.59 Å². The number of nitrogens with one attached hydrogen (secondary N) is 1. The number of carboxylic acid groups (broad SMARTS) is 1. The normalized spacial score (nSPS) is 11.7. The molecule has 138 valence electrons. The van der Waals surface area contributed by atoms with Crippen molar-refractivity contribution in [2.75, 3.05) is 6.61 Å². The number of thiophene rings is 1. The average molecular weight is 366 g/mol. The van der Waals surface area contributed by atoms with Gasteiger partial charge in [0, 0.05) is 6.54 Å². The first-order chi connectivity index (χ1) is 11.7. The quantitative estimate of drug-likeness (QED) is 0.724. The third-order valence-corrected chi connectivity index (χ3v) is 4.63. The molecule has 0 bridgehead atoms. The maximum atomic E-state index is 13.0. The Morgan fingerprint density at radius 3 is 2.72 bits per heavy atom. The van der Waals surface area contributed by atoms with Gasteiger partial charge < -0.3 is 19.7 Å². The molecule has 0 aromatic carbocycles. The molecule has 0 fully saturated rings. The molecule has 0 aliphatic rings. The van der Waals surface area contributed by atoms with E-state index in [0.29, 0.717) is 30.0 Å². The van der Waals surface area contributed by atoms with Crippen molar-refractivity contribution in [1.82, 2.24) is 9.88 Å². The van der Waals surface area contributed by atoms with Crippen molar-refractivity contribution in [2.45, 2.75) is 53.6 Å². The Morgan fingerprint density at radius 1 is 1.40 bits per heavy atom. The molecule has 2 N–H and O–H groups in total. The molecule has 7 heteroatoms. The van der Waals surface area contributed by atoms with Gasteiger partial charge in [-0.25, -0.2) is 4.79 Å². The summed E-state index contributed by atoms with van der Waals surface area (Å²) in [6.45, 7) is 9.28. The lowest BCUT2D eigenvalue weighted by atomic mass is 9.96. The van der Waals surface area contributed by atoms with Crippen LogP contribution in [0.2, 0.25) is 0 Å². The Balaban J connectivity index is 2.63. The summed E-state index contributed by atoms with van der Waals surface area (Å²) in [7, 11) is 0. The zero-order chi connectivity index (χ0) is 18.6. The lowest BCUT2D eigenvalue weighted by Gasteiger charge is -2.24. The van der Waals surface area contributed by atoms with Gasteiger partial charge >= 0.3 is 6.09 Å². The zero-order valence-corrected chi connectivity index (χ0v) is 16.0. The van der Waals surface area contributed by atoms with Crippen LogP contribution in [-0.4, -0.2) is 22.4 Å². The summed E-state index contributed by atoms with van der Waals surface area (Å²) in [6.07, 6.45) is 0.773. The Kier molecular flexibility index (Phi) is 6.11. The number of carbonyl (C=O) groups is 1. The summed E-state index contributed by atoms with van der Waals surface area (Å²) in [4.78, 5) is 24.0. The number of fused-ring (bicyclic) bond motifs is 1. The van der Waals surface area contributed by atoms with Gasteiger partial charge in [0.2, 0.25) is 0 Å². The van der Waals surface area contributed by atoms with E-state index in [4.69, 9.17) is 9.84 Å². The smallest absolute Gasteiger partial charge is 0.404 e. The van der Waals surface area contributed by atoms with Crippen LogP contribution in [0.5, 0.6) is 5.75 Å². The highest BCUT2D eigenvalue weighted by Gasteiger charge is 2.23. The second-order valence-electron chi connectivity index (χ2n) is 7.25. The van der Waals surface area contributed by atoms with Crippen LogP contribution in [0.1, 0.15) is 46.2 Å². The van der Waals surface area contributed by atoms with Crippen molar-refractivity contribution in [3.63, 3.8) is 0 Å². The van der Waals surface area contributed by atoms with E-state index in [-0.39, 0.29) is 17.5 Å². The maximum absolute atomic E-state index is 13.0. The number of rotatable bonds is 7. The van der Waals surface area contributed by atoms with Crippen molar-refractivity contribution in [3.05, 3.63) is 27.5 Å². The van der Waals surface area contributed by atoms with E-state index in [1.807, 2.05) is 32.2 Å². The van der Waals surface area contributed by atoms with Crippen LogP contribution in [0.15, 0.2) is 16.2 Å². The van der Waals surface area contributed by atoms with Crippen LogP contribution in [0, 0.1) is 5.41 Å². The van der Waals surface area contributed by atoms with Gasteiger partial charge in [-0.15, -0.1) is 11.3 Å². The van der Waals surface area contributed by atoms with Crippen LogP contribution in [0.25, 0.3) is 10.1 Å². The predicted molar refractivity (Wildman–Crippen MR) is 101 cm³/mol. The minimum atomic E-state index is -1.12. The molecular weight excluding hydrogens is 340 g/mol. The third-order valence-electron chi connectivity index (χ3n) is 3.72. The van der Waals surface area contributed by atoms with Gasteiger partial charge in [-0.2, -0.15) is 0 Å². The van der Waals surface area contributed by atoms with Crippen molar-refractivity contribution < 1.29 is 14.6 Å². The largest absolute Gasteiger partial charge is 0.490 e. The molecule has 2 heterocycles. The molecule has 0 aliphatic heterocycles. The van der Waals surface area contributed by atoms with E-state index in [1.54, 1.807) is 4.57 Å². The number of pyridine rings is 1. The molecule has 2 aromatic rings. The Bertz CT molecular complexity index is 802. The molecule has 2 aromatic heterocycles.